The molecule has 0 aromatic heterocycles. The fraction of sp³-hybridized carbons (Fsp3) is 0.455. The van der Waals surface area contributed by atoms with E-state index in [0.717, 1.165) is 25.0 Å². The summed E-state index contributed by atoms with van der Waals surface area (Å²) >= 11 is 0. The molecular formula is C22H24F2O4. The minimum Gasteiger partial charge on any atom is -0.491 e. The Morgan fingerprint density at radius 2 is 1.96 bits per heavy atom. The number of alkyl halides is 2. The molecule has 1 aliphatic heterocycles. The first-order chi connectivity index (χ1) is 13.4. The highest BCUT2D eigenvalue weighted by molar-refractivity contribution is 5.43. The van der Waals surface area contributed by atoms with Gasteiger partial charge in [0, 0.05) is 6.61 Å². The largest absolute Gasteiger partial charge is 0.491 e. The second-order valence-electron chi connectivity index (χ2n) is 7.57. The minimum absolute atomic E-state index is 0.0867. The van der Waals surface area contributed by atoms with Crippen LogP contribution < -0.4 is 4.74 Å². The Labute approximate surface area is 162 Å². The van der Waals surface area contributed by atoms with Crippen molar-refractivity contribution in [3.8, 4) is 5.75 Å². The molecule has 1 aliphatic carbocycles. The third kappa shape index (κ3) is 3.30. The molecule has 3 atom stereocenters. The molecule has 1 saturated heterocycles. The maximum Gasteiger partial charge on any atom is 0.309 e. The molecule has 0 spiro atoms. The molecule has 1 fully saturated rings. The summed E-state index contributed by atoms with van der Waals surface area (Å²) in [4.78, 5) is 0. The highest BCUT2D eigenvalue weighted by Gasteiger charge is 2.64. The van der Waals surface area contributed by atoms with Crippen LogP contribution in [0.3, 0.4) is 0 Å². The van der Waals surface area contributed by atoms with E-state index in [1.54, 1.807) is 24.3 Å². The lowest BCUT2D eigenvalue weighted by Crippen LogP contribution is -2.44. The van der Waals surface area contributed by atoms with Crippen LogP contribution in [0.1, 0.15) is 42.1 Å². The van der Waals surface area contributed by atoms with Gasteiger partial charge in [-0.1, -0.05) is 36.4 Å². The molecule has 0 unspecified atom stereocenters. The smallest absolute Gasteiger partial charge is 0.309 e. The van der Waals surface area contributed by atoms with Gasteiger partial charge in [0.05, 0.1) is 6.10 Å². The zero-order chi connectivity index (χ0) is 19.8. The summed E-state index contributed by atoms with van der Waals surface area (Å²) in [6.45, 7) is 1.22. The van der Waals surface area contributed by atoms with Crippen molar-refractivity contribution in [2.75, 3.05) is 13.2 Å². The van der Waals surface area contributed by atoms with E-state index in [-0.39, 0.29) is 30.1 Å². The summed E-state index contributed by atoms with van der Waals surface area (Å²) < 4.78 is 40.7. The third-order valence-corrected chi connectivity index (χ3v) is 5.73. The van der Waals surface area contributed by atoms with E-state index in [0.29, 0.717) is 12.4 Å². The standard InChI is InChI=1S/C22H24F2O4/c23-22(24)20(25)18-8-1-2-9-19(18)21(22,26)11-10-15-5-3-6-16(13-15)28-14-17-7-4-12-27-17/h1-3,5-6,8-9,13,17,20,25-26H,4,7,10-12,14H2/t17-,20-,21+/m0/s1. The third-order valence-electron chi connectivity index (χ3n) is 5.73. The molecule has 150 valence electrons. The van der Waals surface area contributed by atoms with Crippen LogP contribution in [0.4, 0.5) is 8.78 Å². The van der Waals surface area contributed by atoms with Crippen molar-refractivity contribution in [1.29, 1.82) is 0 Å². The molecule has 6 heteroatoms. The normalized spacial score (nSPS) is 28.3. The van der Waals surface area contributed by atoms with Crippen LogP contribution in [-0.2, 0) is 16.8 Å². The van der Waals surface area contributed by atoms with Gasteiger partial charge in [-0.05, 0) is 54.5 Å². The molecule has 2 aromatic rings. The van der Waals surface area contributed by atoms with Gasteiger partial charge < -0.3 is 19.7 Å². The van der Waals surface area contributed by atoms with Gasteiger partial charge in [0.15, 0.2) is 5.60 Å². The van der Waals surface area contributed by atoms with Gasteiger partial charge >= 0.3 is 5.92 Å². The molecule has 0 bridgehead atoms. The summed E-state index contributed by atoms with van der Waals surface area (Å²) in [7, 11) is 0. The topological polar surface area (TPSA) is 58.9 Å². The molecule has 0 amide bonds. The lowest BCUT2D eigenvalue weighted by atomic mass is 9.86. The zero-order valence-electron chi connectivity index (χ0n) is 15.5. The SMILES string of the molecule is O[C@H]1c2ccccc2[C@](O)(CCc2cccc(OC[C@@H]3CCCO3)c2)C1(F)F. The number of aliphatic hydroxyl groups excluding tert-OH is 1. The monoisotopic (exact) mass is 390 g/mol. The summed E-state index contributed by atoms with van der Waals surface area (Å²) in [6.07, 6.45) is 0.125. The van der Waals surface area contributed by atoms with Crippen molar-refractivity contribution in [3.63, 3.8) is 0 Å². The first-order valence-corrected chi connectivity index (χ1v) is 9.63. The van der Waals surface area contributed by atoms with Crippen LogP contribution >= 0.6 is 0 Å². The van der Waals surface area contributed by atoms with Gasteiger partial charge in [-0.2, -0.15) is 8.78 Å². The second kappa shape index (κ2) is 7.43. The number of aryl methyl sites for hydroxylation is 1. The van der Waals surface area contributed by atoms with Gasteiger partial charge in [0.25, 0.3) is 0 Å². The predicted octanol–water partition coefficient (Wildman–Crippen LogP) is 3.75. The van der Waals surface area contributed by atoms with Crippen molar-refractivity contribution in [3.05, 3.63) is 65.2 Å². The van der Waals surface area contributed by atoms with Crippen molar-refractivity contribution in [2.45, 2.75) is 49.4 Å². The molecule has 0 radical (unpaired) electrons. The first kappa shape index (κ1) is 19.3. The first-order valence-electron chi connectivity index (χ1n) is 9.63. The van der Waals surface area contributed by atoms with Crippen LogP contribution in [-0.4, -0.2) is 35.5 Å². The number of benzene rings is 2. The molecular weight excluding hydrogens is 366 g/mol. The quantitative estimate of drug-likeness (QED) is 0.789. The van der Waals surface area contributed by atoms with E-state index in [9.17, 15) is 19.0 Å². The fourth-order valence-corrected chi connectivity index (χ4v) is 4.10. The van der Waals surface area contributed by atoms with Crippen molar-refractivity contribution in [1.82, 2.24) is 0 Å². The minimum atomic E-state index is -3.65. The number of rotatable bonds is 6. The van der Waals surface area contributed by atoms with Gasteiger partial charge in [0.1, 0.15) is 18.5 Å². The molecule has 2 N–H and O–H groups in total. The van der Waals surface area contributed by atoms with Crippen LogP contribution in [0, 0.1) is 0 Å². The average molecular weight is 390 g/mol. The van der Waals surface area contributed by atoms with Crippen LogP contribution in [0.5, 0.6) is 5.75 Å². The Morgan fingerprint density at radius 3 is 2.75 bits per heavy atom. The van der Waals surface area contributed by atoms with Gasteiger partial charge in [-0.25, -0.2) is 0 Å². The maximum absolute atomic E-state index is 14.7. The van der Waals surface area contributed by atoms with Crippen molar-refractivity contribution < 1.29 is 28.5 Å². The number of hydrogen-bond donors (Lipinski definition) is 2. The molecule has 4 nitrogen and oxygen atoms in total. The van der Waals surface area contributed by atoms with Crippen molar-refractivity contribution >= 4 is 0 Å². The molecule has 2 aliphatic rings. The fourth-order valence-electron chi connectivity index (χ4n) is 4.10. The Hall–Kier alpha value is -2.02. The van der Waals surface area contributed by atoms with Crippen LogP contribution in [0.25, 0.3) is 0 Å². The average Bonchev–Trinajstić information content (AvgIpc) is 3.28. The molecule has 4 rings (SSSR count). The van der Waals surface area contributed by atoms with E-state index >= 15 is 0 Å². The molecule has 2 aromatic carbocycles. The predicted molar refractivity (Wildman–Crippen MR) is 99.5 cm³/mol. The number of halogens is 2. The summed E-state index contributed by atoms with van der Waals surface area (Å²) in [5.41, 5.74) is -1.44. The van der Waals surface area contributed by atoms with E-state index < -0.39 is 17.6 Å². The molecule has 0 saturated carbocycles. The summed E-state index contributed by atoms with van der Waals surface area (Å²) in [6, 6.07) is 13.3. The lowest BCUT2D eigenvalue weighted by molar-refractivity contribution is -0.226. The lowest BCUT2D eigenvalue weighted by Gasteiger charge is -2.31. The second-order valence-corrected chi connectivity index (χ2v) is 7.57. The van der Waals surface area contributed by atoms with Crippen LogP contribution in [0.2, 0.25) is 0 Å². The maximum atomic E-state index is 14.7. The Morgan fingerprint density at radius 1 is 1.14 bits per heavy atom. The van der Waals surface area contributed by atoms with Gasteiger partial charge in [-0.3, -0.25) is 0 Å². The highest BCUT2D eigenvalue weighted by Crippen LogP contribution is 2.55. The van der Waals surface area contributed by atoms with Crippen LogP contribution in [0.15, 0.2) is 48.5 Å². The Bertz CT molecular complexity index is 835. The molecule has 1 heterocycles. The number of aliphatic hydroxyl groups is 2. The zero-order valence-corrected chi connectivity index (χ0v) is 15.5. The van der Waals surface area contributed by atoms with Gasteiger partial charge in [0.2, 0.25) is 0 Å². The van der Waals surface area contributed by atoms with E-state index in [1.807, 2.05) is 12.1 Å². The van der Waals surface area contributed by atoms with E-state index in [2.05, 4.69) is 0 Å². The van der Waals surface area contributed by atoms with Crippen molar-refractivity contribution in [2.24, 2.45) is 0 Å². The van der Waals surface area contributed by atoms with Gasteiger partial charge in [-0.15, -0.1) is 0 Å². The Balaban J connectivity index is 1.47. The number of ether oxygens (including phenoxy) is 2. The summed E-state index contributed by atoms with van der Waals surface area (Å²) in [5, 5.41) is 20.9. The highest BCUT2D eigenvalue weighted by atomic mass is 19.3. The molecule has 28 heavy (non-hydrogen) atoms. The number of hydrogen-bond acceptors (Lipinski definition) is 4. The Kier molecular flexibility index (Phi) is 5.12. The number of fused-ring (bicyclic) bond motifs is 1. The van der Waals surface area contributed by atoms with E-state index in [4.69, 9.17) is 9.47 Å². The van der Waals surface area contributed by atoms with E-state index in [1.165, 1.54) is 12.1 Å². The summed E-state index contributed by atoms with van der Waals surface area (Å²) in [5.74, 6) is -3.00.